The molecule has 0 saturated carbocycles. The van der Waals surface area contributed by atoms with Crippen LogP contribution in [0, 0.1) is 12.4 Å². The molecule has 3 rings (SSSR count). The van der Waals surface area contributed by atoms with Crippen molar-refractivity contribution in [1.82, 2.24) is 0 Å². The van der Waals surface area contributed by atoms with Gasteiger partial charge in [-0.2, -0.15) is 0 Å². The molecule has 0 unspecified atom stereocenters. The Morgan fingerprint density at radius 2 is 1.67 bits per heavy atom. The highest BCUT2D eigenvalue weighted by atomic mass is 19.1. The predicted octanol–water partition coefficient (Wildman–Crippen LogP) is 5.44. The lowest BCUT2D eigenvalue weighted by Gasteiger charge is -2.20. The topological polar surface area (TPSA) is 24.7 Å². The van der Waals surface area contributed by atoms with Crippen LogP contribution in [0.5, 0.6) is 0 Å². The number of carbonyl (C=O) groups excluding carboxylic acids is 1. The van der Waals surface area contributed by atoms with Gasteiger partial charge >= 0.3 is 0 Å². The third-order valence-electron chi connectivity index (χ3n) is 4.37. The highest BCUT2D eigenvalue weighted by Gasteiger charge is 2.10. The summed E-state index contributed by atoms with van der Waals surface area (Å²) < 4.78 is 13.0. The third-order valence-corrected chi connectivity index (χ3v) is 4.37. The number of carbonyl (C=O) groups is 1. The molecule has 0 aliphatic heterocycles. The number of benzene rings is 3. The lowest BCUT2D eigenvalue weighted by molar-refractivity contribution is 0.0993. The van der Waals surface area contributed by atoms with E-state index in [1.807, 2.05) is 48.3 Å². The van der Waals surface area contributed by atoms with Crippen LogP contribution in [0.3, 0.4) is 0 Å². The van der Waals surface area contributed by atoms with Gasteiger partial charge in [0.15, 0.2) is 11.5 Å². The van der Waals surface area contributed by atoms with Gasteiger partial charge in [-0.15, -0.1) is 0 Å². The summed E-state index contributed by atoms with van der Waals surface area (Å²) in [7, 11) is 1.94. The first kappa shape index (κ1) is 18.3. The normalized spacial score (nSPS) is 10.3. The van der Waals surface area contributed by atoms with E-state index in [0.717, 1.165) is 16.8 Å². The number of nitrogens with zero attached hydrogens (tertiary/aromatic N) is 2. The number of halogens is 1. The van der Waals surface area contributed by atoms with Crippen LogP contribution < -0.4 is 4.90 Å². The Hall–Kier alpha value is -3.45. The average molecular weight is 358 g/mol. The summed E-state index contributed by atoms with van der Waals surface area (Å²) in [6, 6.07) is 21.0. The standard InChI is InChI=1S/C23H19FN2O/c1-25-21-12-8-17(9-13-21)14-23(27)19-4-3-5-22(15-19)26(2)16-18-6-10-20(24)11-7-18/h3-13,15H,14,16H2,2H3. The molecular weight excluding hydrogens is 339 g/mol. The molecule has 0 spiro atoms. The Kier molecular flexibility index (Phi) is 5.63. The highest BCUT2D eigenvalue weighted by molar-refractivity contribution is 5.98. The first-order valence-corrected chi connectivity index (χ1v) is 8.60. The molecule has 4 heteroatoms. The minimum atomic E-state index is -0.251. The van der Waals surface area contributed by atoms with Crippen LogP contribution in [0.15, 0.2) is 72.8 Å². The van der Waals surface area contributed by atoms with Gasteiger partial charge in [0.2, 0.25) is 0 Å². The molecular formula is C23H19FN2O. The summed E-state index contributed by atoms with van der Waals surface area (Å²) in [5, 5.41) is 0. The monoisotopic (exact) mass is 358 g/mol. The number of rotatable bonds is 6. The Balaban J connectivity index is 1.70. The number of Topliss-reactive ketones (excluding diaryl/α,β-unsaturated/α-hetero) is 1. The van der Waals surface area contributed by atoms with Crippen LogP contribution in [0.4, 0.5) is 15.8 Å². The van der Waals surface area contributed by atoms with E-state index >= 15 is 0 Å². The molecule has 3 aromatic carbocycles. The molecule has 0 atom stereocenters. The molecule has 0 aromatic heterocycles. The maximum absolute atomic E-state index is 13.0. The van der Waals surface area contributed by atoms with Crippen LogP contribution in [0.2, 0.25) is 0 Å². The van der Waals surface area contributed by atoms with Gasteiger partial charge in [0, 0.05) is 31.3 Å². The zero-order valence-electron chi connectivity index (χ0n) is 15.0. The minimum Gasteiger partial charge on any atom is -0.370 e. The van der Waals surface area contributed by atoms with Gasteiger partial charge in [0.1, 0.15) is 5.82 Å². The van der Waals surface area contributed by atoms with E-state index in [0.29, 0.717) is 24.2 Å². The predicted molar refractivity (Wildman–Crippen MR) is 106 cm³/mol. The first-order chi connectivity index (χ1) is 13.0. The Bertz CT molecular complexity index is 973. The van der Waals surface area contributed by atoms with Gasteiger partial charge in [-0.05, 0) is 35.4 Å². The second kappa shape index (κ2) is 8.29. The maximum atomic E-state index is 13.0. The molecule has 3 aromatic rings. The van der Waals surface area contributed by atoms with Gasteiger partial charge in [0.05, 0.1) is 6.57 Å². The smallest absolute Gasteiger partial charge is 0.187 e. The summed E-state index contributed by atoms with van der Waals surface area (Å²) in [5.74, 6) is -0.221. The molecule has 0 N–H and O–H groups in total. The van der Waals surface area contributed by atoms with Gasteiger partial charge < -0.3 is 4.90 Å². The maximum Gasteiger partial charge on any atom is 0.187 e. The second-order valence-corrected chi connectivity index (χ2v) is 6.41. The molecule has 0 amide bonds. The summed E-state index contributed by atoms with van der Waals surface area (Å²) in [4.78, 5) is 18.0. The SMILES string of the molecule is [C-]#[N+]c1ccc(CC(=O)c2cccc(N(C)Cc3ccc(F)cc3)c2)cc1. The molecule has 0 fully saturated rings. The molecule has 134 valence electrons. The van der Waals surface area contributed by atoms with E-state index in [-0.39, 0.29) is 11.6 Å². The van der Waals surface area contributed by atoms with Crippen molar-refractivity contribution in [3.8, 4) is 0 Å². The minimum absolute atomic E-state index is 0.0302. The molecule has 0 radical (unpaired) electrons. The van der Waals surface area contributed by atoms with Crippen molar-refractivity contribution in [2.24, 2.45) is 0 Å². The summed E-state index contributed by atoms with van der Waals surface area (Å²) in [6.07, 6.45) is 0.295. The molecule has 0 aliphatic rings. The lowest BCUT2D eigenvalue weighted by atomic mass is 10.0. The van der Waals surface area contributed by atoms with E-state index < -0.39 is 0 Å². The molecule has 0 saturated heterocycles. The molecule has 27 heavy (non-hydrogen) atoms. The average Bonchev–Trinajstić information content (AvgIpc) is 2.70. The zero-order valence-corrected chi connectivity index (χ0v) is 15.0. The summed E-state index contributed by atoms with van der Waals surface area (Å²) in [5.41, 5.74) is 4.02. The fourth-order valence-electron chi connectivity index (χ4n) is 2.85. The van der Waals surface area contributed by atoms with E-state index in [1.165, 1.54) is 12.1 Å². The molecule has 0 heterocycles. The van der Waals surface area contributed by atoms with Crippen molar-refractivity contribution in [3.05, 3.63) is 107 Å². The molecule has 0 aliphatic carbocycles. The summed E-state index contributed by atoms with van der Waals surface area (Å²) in [6.45, 7) is 7.60. The lowest BCUT2D eigenvalue weighted by Crippen LogP contribution is -2.17. The Morgan fingerprint density at radius 1 is 1.00 bits per heavy atom. The van der Waals surface area contributed by atoms with Crippen molar-refractivity contribution in [1.29, 1.82) is 0 Å². The van der Waals surface area contributed by atoms with E-state index in [2.05, 4.69) is 4.85 Å². The van der Waals surface area contributed by atoms with Crippen molar-refractivity contribution in [2.75, 3.05) is 11.9 Å². The van der Waals surface area contributed by atoms with Gasteiger partial charge in [-0.3, -0.25) is 4.79 Å². The van der Waals surface area contributed by atoms with Gasteiger partial charge in [0.25, 0.3) is 0 Å². The molecule has 3 nitrogen and oxygen atoms in total. The van der Waals surface area contributed by atoms with E-state index in [1.54, 1.807) is 24.3 Å². The summed E-state index contributed by atoms with van der Waals surface area (Å²) >= 11 is 0. The Morgan fingerprint density at radius 3 is 2.33 bits per heavy atom. The van der Waals surface area contributed by atoms with Crippen molar-refractivity contribution >= 4 is 17.2 Å². The van der Waals surface area contributed by atoms with Crippen molar-refractivity contribution < 1.29 is 9.18 Å². The van der Waals surface area contributed by atoms with Crippen LogP contribution in [0.25, 0.3) is 4.85 Å². The Labute approximate surface area is 158 Å². The fraction of sp³-hybridized carbons (Fsp3) is 0.130. The van der Waals surface area contributed by atoms with Crippen molar-refractivity contribution in [2.45, 2.75) is 13.0 Å². The number of hydrogen-bond donors (Lipinski definition) is 0. The first-order valence-electron chi connectivity index (χ1n) is 8.60. The number of hydrogen-bond acceptors (Lipinski definition) is 2. The number of ketones is 1. The number of anilines is 1. The van der Waals surface area contributed by atoms with Gasteiger partial charge in [-0.1, -0.05) is 48.5 Å². The third kappa shape index (κ3) is 4.80. The zero-order chi connectivity index (χ0) is 19.2. The van der Waals surface area contributed by atoms with Crippen LogP contribution >= 0.6 is 0 Å². The van der Waals surface area contributed by atoms with Gasteiger partial charge in [-0.25, -0.2) is 9.24 Å². The highest BCUT2D eigenvalue weighted by Crippen LogP contribution is 2.20. The fourth-order valence-corrected chi connectivity index (χ4v) is 2.85. The van der Waals surface area contributed by atoms with Crippen LogP contribution in [0.1, 0.15) is 21.5 Å². The van der Waals surface area contributed by atoms with Crippen LogP contribution in [-0.4, -0.2) is 12.8 Å². The van der Waals surface area contributed by atoms with E-state index in [4.69, 9.17) is 6.57 Å². The van der Waals surface area contributed by atoms with Crippen molar-refractivity contribution in [3.63, 3.8) is 0 Å². The van der Waals surface area contributed by atoms with E-state index in [9.17, 15) is 9.18 Å². The van der Waals surface area contributed by atoms with Crippen LogP contribution in [-0.2, 0) is 13.0 Å². The quantitative estimate of drug-likeness (QED) is 0.433. The molecule has 0 bridgehead atoms. The largest absolute Gasteiger partial charge is 0.370 e. The second-order valence-electron chi connectivity index (χ2n) is 6.41.